The number of benzene rings is 3. The van der Waals surface area contributed by atoms with E-state index in [2.05, 4.69) is 10.5 Å². The van der Waals surface area contributed by atoms with Crippen LogP contribution in [0.2, 0.25) is 0 Å². The van der Waals surface area contributed by atoms with Gasteiger partial charge in [0, 0.05) is 29.3 Å². The largest absolute Gasteiger partial charge is 0.497 e. The van der Waals surface area contributed by atoms with E-state index in [0.29, 0.717) is 11.3 Å². The number of anilines is 1. The summed E-state index contributed by atoms with van der Waals surface area (Å²) in [5.41, 5.74) is 2.71. The molecule has 0 atom stereocenters. The zero-order valence-corrected chi connectivity index (χ0v) is 21.3. The van der Waals surface area contributed by atoms with E-state index in [1.807, 2.05) is 0 Å². The van der Waals surface area contributed by atoms with Crippen molar-refractivity contribution < 1.29 is 27.8 Å². The van der Waals surface area contributed by atoms with Crippen LogP contribution >= 0.6 is 0 Å². The van der Waals surface area contributed by atoms with Gasteiger partial charge in [0.05, 0.1) is 33.3 Å². The molecule has 0 saturated carbocycles. The lowest BCUT2D eigenvalue weighted by atomic mass is 10.1. The number of nitrogens with one attached hydrogen (secondary N) is 1. The van der Waals surface area contributed by atoms with E-state index >= 15 is 0 Å². The molecule has 0 fully saturated rings. The summed E-state index contributed by atoms with van der Waals surface area (Å²) in [6.45, 7) is 2.27. The van der Waals surface area contributed by atoms with Crippen molar-refractivity contribution in [2.75, 3.05) is 18.0 Å². The Balaban J connectivity index is 1.94. The van der Waals surface area contributed by atoms with Gasteiger partial charge in [-0.05, 0) is 44.2 Å². The summed E-state index contributed by atoms with van der Waals surface area (Å²) in [5, 5.41) is 26.3. The third kappa shape index (κ3) is 6.28. The molecule has 0 aliphatic carbocycles. The van der Waals surface area contributed by atoms with E-state index in [0.717, 1.165) is 10.4 Å². The van der Waals surface area contributed by atoms with Gasteiger partial charge in [-0.2, -0.15) is 5.10 Å². The third-order valence-electron chi connectivity index (χ3n) is 5.44. The van der Waals surface area contributed by atoms with Crippen molar-refractivity contribution in [2.45, 2.75) is 18.7 Å². The fourth-order valence-corrected chi connectivity index (χ4v) is 4.80. The van der Waals surface area contributed by atoms with Crippen molar-refractivity contribution in [1.82, 2.24) is 5.43 Å². The van der Waals surface area contributed by atoms with Crippen molar-refractivity contribution in [3.63, 3.8) is 0 Å². The van der Waals surface area contributed by atoms with Gasteiger partial charge in [-0.3, -0.25) is 29.3 Å². The molecule has 0 aliphatic heterocycles. The van der Waals surface area contributed by atoms with E-state index in [1.54, 1.807) is 6.07 Å². The van der Waals surface area contributed by atoms with E-state index in [4.69, 9.17) is 4.74 Å². The van der Waals surface area contributed by atoms with E-state index < -0.39 is 32.3 Å². The monoisotopic (exact) mass is 541 g/mol. The second-order valence-electron chi connectivity index (χ2n) is 7.95. The second kappa shape index (κ2) is 11.5. The maximum Gasteiger partial charge on any atom is 0.273 e. The summed E-state index contributed by atoms with van der Waals surface area (Å²) in [5.74, 6) is -0.380. The van der Waals surface area contributed by atoms with Gasteiger partial charge in [0.1, 0.15) is 12.3 Å². The second-order valence-corrected chi connectivity index (χ2v) is 9.82. The summed E-state index contributed by atoms with van der Waals surface area (Å²) in [4.78, 5) is 33.6. The summed E-state index contributed by atoms with van der Waals surface area (Å²) >= 11 is 0. The standard InChI is InChI=1S/C24H23N5O8S/c1-16-7-12-22(14-23(16)29(33)34)38(35,36)27(19-8-10-21(37-3)11-9-19)15-24(30)26-25-17(2)18-5-4-6-20(13-18)28(31)32/h4-14H,15H2,1-3H3,(H,26,30)/b25-17-. The van der Waals surface area contributed by atoms with Crippen molar-refractivity contribution in [1.29, 1.82) is 0 Å². The number of sulfonamides is 1. The number of nitro groups is 2. The van der Waals surface area contributed by atoms with Crippen LogP contribution in [0.4, 0.5) is 17.1 Å². The predicted molar refractivity (Wildman–Crippen MR) is 139 cm³/mol. The van der Waals surface area contributed by atoms with Gasteiger partial charge in [-0.1, -0.05) is 18.2 Å². The molecule has 0 saturated heterocycles. The molecule has 0 heterocycles. The fraction of sp³-hybridized carbons (Fsp3) is 0.167. The first kappa shape index (κ1) is 27.7. The first-order valence-corrected chi connectivity index (χ1v) is 12.4. The van der Waals surface area contributed by atoms with E-state index in [1.165, 1.54) is 75.6 Å². The number of carbonyl (C=O) groups is 1. The smallest absolute Gasteiger partial charge is 0.273 e. The molecule has 3 rings (SSSR count). The Bertz CT molecular complexity index is 1520. The average Bonchev–Trinajstić information content (AvgIpc) is 2.90. The van der Waals surface area contributed by atoms with E-state index in [-0.39, 0.29) is 33.2 Å². The Morgan fingerprint density at radius 3 is 2.32 bits per heavy atom. The van der Waals surface area contributed by atoms with Gasteiger partial charge in [0.25, 0.3) is 27.3 Å². The number of carbonyl (C=O) groups excluding carboxylic acids is 1. The summed E-state index contributed by atoms with van der Waals surface area (Å²) in [7, 11) is -3.01. The molecule has 0 bridgehead atoms. The molecule has 0 radical (unpaired) electrons. The van der Waals surface area contributed by atoms with Crippen LogP contribution < -0.4 is 14.5 Å². The van der Waals surface area contributed by atoms with Crippen molar-refractivity contribution in [2.24, 2.45) is 5.10 Å². The summed E-state index contributed by atoms with van der Waals surface area (Å²) in [6.07, 6.45) is 0. The first-order valence-electron chi connectivity index (χ1n) is 10.9. The molecule has 198 valence electrons. The van der Waals surface area contributed by atoms with Gasteiger partial charge in [0.2, 0.25) is 0 Å². The van der Waals surface area contributed by atoms with Crippen molar-refractivity contribution >= 4 is 38.7 Å². The number of nitrogens with zero attached hydrogens (tertiary/aromatic N) is 4. The van der Waals surface area contributed by atoms with Crippen LogP contribution in [0.25, 0.3) is 0 Å². The molecule has 1 amide bonds. The lowest BCUT2D eigenvalue weighted by molar-refractivity contribution is -0.385. The highest BCUT2D eigenvalue weighted by molar-refractivity contribution is 7.92. The van der Waals surface area contributed by atoms with Crippen LogP contribution in [0.5, 0.6) is 5.75 Å². The zero-order chi connectivity index (χ0) is 28.0. The number of methoxy groups -OCH3 is 1. The Hall–Kier alpha value is -4.85. The Morgan fingerprint density at radius 2 is 1.71 bits per heavy atom. The Kier molecular flexibility index (Phi) is 8.37. The number of rotatable bonds is 10. The average molecular weight is 542 g/mol. The Morgan fingerprint density at radius 1 is 1.03 bits per heavy atom. The SMILES string of the molecule is COc1ccc(N(CC(=O)N/N=C(/C)c2cccc([N+](=O)[O-])c2)S(=O)(=O)c2ccc(C)c([N+](=O)[O-])c2)cc1. The molecular formula is C24H23N5O8S. The number of hydrazone groups is 1. The van der Waals surface area contributed by atoms with Crippen LogP contribution in [0.3, 0.4) is 0 Å². The molecule has 0 unspecified atom stereocenters. The van der Waals surface area contributed by atoms with Crippen LogP contribution in [-0.2, 0) is 14.8 Å². The highest BCUT2D eigenvalue weighted by atomic mass is 32.2. The molecule has 3 aromatic rings. The van der Waals surface area contributed by atoms with Crippen molar-refractivity contribution in [3.05, 3.63) is 98.1 Å². The fourth-order valence-electron chi connectivity index (χ4n) is 3.36. The minimum absolute atomic E-state index is 0.101. The van der Waals surface area contributed by atoms with Crippen LogP contribution in [-0.4, -0.2) is 43.5 Å². The van der Waals surface area contributed by atoms with Crippen LogP contribution in [0.1, 0.15) is 18.1 Å². The van der Waals surface area contributed by atoms with Gasteiger partial charge >= 0.3 is 0 Å². The van der Waals surface area contributed by atoms with Crippen LogP contribution in [0.15, 0.2) is 76.7 Å². The quantitative estimate of drug-likeness (QED) is 0.230. The van der Waals surface area contributed by atoms with Crippen molar-refractivity contribution in [3.8, 4) is 5.75 Å². The molecule has 3 aromatic carbocycles. The van der Waals surface area contributed by atoms with Gasteiger partial charge < -0.3 is 4.74 Å². The number of ether oxygens (including phenoxy) is 1. The predicted octanol–water partition coefficient (Wildman–Crippen LogP) is 3.56. The maximum atomic E-state index is 13.6. The maximum absolute atomic E-state index is 13.6. The molecule has 0 aliphatic rings. The molecule has 13 nitrogen and oxygen atoms in total. The van der Waals surface area contributed by atoms with Crippen LogP contribution in [0, 0.1) is 27.2 Å². The lowest BCUT2D eigenvalue weighted by Gasteiger charge is -2.24. The number of non-ortho nitro benzene ring substituents is 1. The van der Waals surface area contributed by atoms with Gasteiger partial charge in [0.15, 0.2) is 0 Å². The lowest BCUT2D eigenvalue weighted by Crippen LogP contribution is -2.39. The van der Waals surface area contributed by atoms with Gasteiger partial charge in [-0.25, -0.2) is 13.8 Å². The molecule has 0 spiro atoms. The highest BCUT2D eigenvalue weighted by Crippen LogP contribution is 2.29. The molecule has 1 N–H and O–H groups in total. The number of aryl methyl sites for hydroxylation is 1. The minimum Gasteiger partial charge on any atom is -0.497 e. The number of amides is 1. The van der Waals surface area contributed by atoms with E-state index in [9.17, 15) is 33.4 Å². The molecule has 0 aromatic heterocycles. The third-order valence-corrected chi connectivity index (χ3v) is 7.21. The Labute approximate surface area is 217 Å². The number of nitro benzene ring substituents is 2. The molecular weight excluding hydrogens is 518 g/mol. The zero-order valence-electron chi connectivity index (χ0n) is 20.5. The van der Waals surface area contributed by atoms with Gasteiger partial charge in [-0.15, -0.1) is 0 Å². The number of hydrogen-bond donors (Lipinski definition) is 1. The topological polar surface area (TPSA) is 174 Å². The summed E-state index contributed by atoms with van der Waals surface area (Å²) < 4.78 is 33.0. The minimum atomic E-state index is -4.44. The molecule has 14 heteroatoms. The first-order chi connectivity index (χ1) is 17.9. The normalized spacial score (nSPS) is 11.5. The number of hydrogen-bond acceptors (Lipinski definition) is 9. The summed E-state index contributed by atoms with van der Waals surface area (Å²) in [6, 6.07) is 14.9. The molecule has 38 heavy (non-hydrogen) atoms. The highest BCUT2D eigenvalue weighted by Gasteiger charge is 2.29.